The molecule has 4 rings (SSSR count). The van der Waals surface area contributed by atoms with E-state index >= 15 is 0 Å². The zero-order valence-electron chi connectivity index (χ0n) is 13.9. The van der Waals surface area contributed by atoms with Gasteiger partial charge in [0.1, 0.15) is 0 Å². The third kappa shape index (κ3) is 2.12. The van der Waals surface area contributed by atoms with Crippen molar-refractivity contribution < 1.29 is 5.11 Å². The van der Waals surface area contributed by atoms with Crippen LogP contribution >= 0.6 is 0 Å². The van der Waals surface area contributed by atoms with E-state index in [1.54, 1.807) is 0 Å². The third-order valence-electron chi connectivity index (χ3n) is 8.32. The summed E-state index contributed by atoms with van der Waals surface area (Å²) in [6.45, 7) is 7.63. The number of piperidine rings is 1. The molecule has 4 fully saturated rings. The molecule has 0 aromatic rings. The van der Waals surface area contributed by atoms with Gasteiger partial charge in [-0.1, -0.05) is 13.8 Å². The molecule has 120 valence electrons. The summed E-state index contributed by atoms with van der Waals surface area (Å²) in [6.07, 6.45) is 10.5. The predicted molar refractivity (Wildman–Crippen MR) is 86.0 cm³/mol. The number of aliphatic hydroxyl groups is 1. The smallest absolute Gasteiger partial charge is 0.0543 e. The summed E-state index contributed by atoms with van der Waals surface area (Å²) >= 11 is 0. The Kier molecular flexibility index (Phi) is 3.43. The summed E-state index contributed by atoms with van der Waals surface area (Å²) in [5.41, 5.74) is 1.10. The van der Waals surface area contributed by atoms with E-state index in [9.17, 15) is 5.11 Å². The van der Waals surface area contributed by atoms with Crippen LogP contribution in [0.5, 0.6) is 0 Å². The van der Waals surface area contributed by atoms with Crippen LogP contribution in [-0.2, 0) is 0 Å². The molecule has 0 aromatic heterocycles. The van der Waals surface area contributed by atoms with E-state index in [1.807, 2.05) is 0 Å². The molecule has 4 aliphatic rings. The number of rotatable bonds is 0. The highest BCUT2D eigenvalue weighted by Gasteiger charge is 2.57. The van der Waals surface area contributed by atoms with E-state index in [2.05, 4.69) is 19.2 Å². The maximum Gasteiger partial charge on any atom is 0.0543 e. The molecule has 1 aliphatic heterocycles. The highest BCUT2D eigenvalue weighted by Crippen LogP contribution is 2.63. The van der Waals surface area contributed by atoms with Crippen molar-refractivity contribution in [2.24, 2.45) is 34.5 Å². The average Bonchev–Trinajstić information content (AvgIpc) is 2.47. The first-order valence-electron chi connectivity index (χ1n) is 9.42. The number of hydrogen-bond acceptors (Lipinski definition) is 2. The molecule has 2 nitrogen and oxygen atoms in total. The van der Waals surface area contributed by atoms with Crippen LogP contribution < -0.4 is 5.32 Å². The van der Waals surface area contributed by atoms with E-state index in [-0.39, 0.29) is 6.10 Å². The van der Waals surface area contributed by atoms with Gasteiger partial charge in [-0.3, -0.25) is 0 Å². The minimum Gasteiger partial charge on any atom is -0.393 e. The van der Waals surface area contributed by atoms with Crippen LogP contribution in [0, 0.1) is 34.5 Å². The molecule has 0 unspecified atom stereocenters. The number of nitrogens with one attached hydrogen (secondary N) is 1. The largest absolute Gasteiger partial charge is 0.393 e. The molecule has 1 saturated heterocycles. The molecule has 2 N–H and O–H groups in total. The molecular formula is C19H33NO. The van der Waals surface area contributed by atoms with Crippen LogP contribution in [0.25, 0.3) is 0 Å². The molecule has 0 amide bonds. The summed E-state index contributed by atoms with van der Waals surface area (Å²) in [7, 11) is 0. The van der Waals surface area contributed by atoms with Crippen molar-refractivity contribution in [3.63, 3.8) is 0 Å². The van der Waals surface area contributed by atoms with E-state index in [1.165, 1.54) is 51.6 Å². The first-order chi connectivity index (χ1) is 10.0. The summed E-state index contributed by atoms with van der Waals surface area (Å²) in [4.78, 5) is 0. The van der Waals surface area contributed by atoms with E-state index in [0.29, 0.717) is 10.8 Å². The lowest BCUT2D eigenvalue weighted by atomic mass is 9.44. The summed E-state index contributed by atoms with van der Waals surface area (Å²) in [6, 6.07) is 0. The Labute approximate surface area is 130 Å². The minimum absolute atomic E-state index is 0.00707. The third-order valence-corrected chi connectivity index (χ3v) is 8.32. The van der Waals surface area contributed by atoms with Gasteiger partial charge in [0.2, 0.25) is 0 Å². The SMILES string of the molecule is C[C@@]12CC[C@H]3[C@@H](CC[C@H]4C[C@H](O)CC[C@@]43C)[C@@H]1CCNC2. The zero-order valence-corrected chi connectivity index (χ0v) is 13.9. The van der Waals surface area contributed by atoms with Gasteiger partial charge in [-0.25, -0.2) is 0 Å². The van der Waals surface area contributed by atoms with Gasteiger partial charge in [0.05, 0.1) is 6.10 Å². The second-order valence-corrected chi connectivity index (χ2v) is 9.24. The first-order valence-corrected chi connectivity index (χ1v) is 9.42. The molecule has 3 saturated carbocycles. The van der Waals surface area contributed by atoms with Gasteiger partial charge in [0.25, 0.3) is 0 Å². The second-order valence-electron chi connectivity index (χ2n) is 9.24. The van der Waals surface area contributed by atoms with Gasteiger partial charge in [0.15, 0.2) is 0 Å². The second kappa shape index (κ2) is 4.96. The minimum atomic E-state index is -0.00707. The standard InChI is InChI=1S/C19H33NO/c1-18-8-6-17-15(16(18)7-10-20-12-18)4-3-13-11-14(21)5-9-19(13,17)2/h13-17,20-21H,3-12H2,1-2H3/t13-,14+,15-,16-,17-,18-,19-/m0/s1. The van der Waals surface area contributed by atoms with Crippen molar-refractivity contribution in [1.82, 2.24) is 5.32 Å². The fourth-order valence-corrected chi connectivity index (χ4v) is 7.04. The molecule has 0 spiro atoms. The van der Waals surface area contributed by atoms with Gasteiger partial charge in [0, 0.05) is 6.54 Å². The fraction of sp³-hybridized carbons (Fsp3) is 1.00. The molecule has 0 aromatic carbocycles. The van der Waals surface area contributed by atoms with Crippen molar-refractivity contribution in [2.45, 2.75) is 71.3 Å². The van der Waals surface area contributed by atoms with E-state index in [4.69, 9.17) is 0 Å². The lowest BCUT2D eigenvalue weighted by Gasteiger charge is -2.62. The molecule has 7 atom stereocenters. The van der Waals surface area contributed by atoms with Gasteiger partial charge in [-0.2, -0.15) is 0 Å². The maximum atomic E-state index is 10.1. The Morgan fingerprint density at radius 2 is 1.81 bits per heavy atom. The van der Waals surface area contributed by atoms with Gasteiger partial charge >= 0.3 is 0 Å². The normalized spacial score (nSPS) is 57.0. The Morgan fingerprint density at radius 3 is 2.67 bits per heavy atom. The van der Waals surface area contributed by atoms with E-state index in [0.717, 1.165) is 36.5 Å². The van der Waals surface area contributed by atoms with Crippen molar-refractivity contribution >= 4 is 0 Å². The van der Waals surface area contributed by atoms with Crippen molar-refractivity contribution in [3.05, 3.63) is 0 Å². The van der Waals surface area contributed by atoms with Crippen LogP contribution in [0.4, 0.5) is 0 Å². The van der Waals surface area contributed by atoms with Crippen LogP contribution in [0.1, 0.15) is 65.2 Å². The molecule has 3 aliphatic carbocycles. The van der Waals surface area contributed by atoms with Gasteiger partial charge in [-0.15, -0.1) is 0 Å². The fourth-order valence-electron chi connectivity index (χ4n) is 7.04. The Hall–Kier alpha value is -0.0800. The number of aliphatic hydroxyl groups excluding tert-OH is 1. The molecule has 2 heteroatoms. The summed E-state index contributed by atoms with van der Waals surface area (Å²) in [5, 5.41) is 13.7. The lowest BCUT2D eigenvalue weighted by Crippen LogP contribution is -2.58. The average molecular weight is 291 g/mol. The highest BCUT2D eigenvalue weighted by molar-refractivity contribution is 5.07. The van der Waals surface area contributed by atoms with Gasteiger partial charge < -0.3 is 10.4 Å². The van der Waals surface area contributed by atoms with Crippen molar-refractivity contribution in [2.75, 3.05) is 13.1 Å². The highest BCUT2D eigenvalue weighted by atomic mass is 16.3. The van der Waals surface area contributed by atoms with Crippen molar-refractivity contribution in [1.29, 1.82) is 0 Å². The Bertz CT molecular complexity index is 410. The summed E-state index contributed by atoms with van der Waals surface area (Å²) in [5.74, 6) is 3.68. The molecule has 21 heavy (non-hydrogen) atoms. The first kappa shape index (κ1) is 14.5. The number of fused-ring (bicyclic) bond motifs is 5. The lowest BCUT2D eigenvalue weighted by molar-refractivity contribution is -0.133. The maximum absolute atomic E-state index is 10.1. The van der Waals surface area contributed by atoms with Crippen LogP contribution in [-0.4, -0.2) is 24.3 Å². The molecule has 1 heterocycles. The van der Waals surface area contributed by atoms with Crippen molar-refractivity contribution in [3.8, 4) is 0 Å². The zero-order chi connectivity index (χ0) is 14.7. The topological polar surface area (TPSA) is 32.3 Å². The monoisotopic (exact) mass is 291 g/mol. The van der Waals surface area contributed by atoms with Gasteiger partial charge in [-0.05, 0) is 92.4 Å². The predicted octanol–water partition coefficient (Wildman–Crippen LogP) is 3.59. The quantitative estimate of drug-likeness (QED) is 0.715. The Morgan fingerprint density at radius 1 is 0.952 bits per heavy atom. The number of hydrogen-bond donors (Lipinski definition) is 2. The molecule has 0 bridgehead atoms. The Balaban J connectivity index is 1.61. The van der Waals surface area contributed by atoms with E-state index < -0.39 is 0 Å². The molecule has 0 radical (unpaired) electrons. The van der Waals surface area contributed by atoms with Crippen LogP contribution in [0.15, 0.2) is 0 Å². The van der Waals surface area contributed by atoms with Crippen LogP contribution in [0.2, 0.25) is 0 Å². The molecular weight excluding hydrogens is 258 g/mol. The summed E-state index contributed by atoms with van der Waals surface area (Å²) < 4.78 is 0. The van der Waals surface area contributed by atoms with Crippen LogP contribution in [0.3, 0.4) is 0 Å².